The van der Waals surface area contributed by atoms with Crippen LogP contribution in [0.15, 0.2) is 0 Å². The van der Waals surface area contributed by atoms with Crippen molar-refractivity contribution in [3.8, 4) is 0 Å². The van der Waals surface area contributed by atoms with Crippen LogP contribution < -0.4 is 20.4 Å². The zero-order valence-corrected chi connectivity index (χ0v) is 14.9. The second kappa shape index (κ2) is 12.6. The molecule has 1 saturated carbocycles. The molecule has 0 aromatic carbocycles. The van der Waals surface area contributed by atoms with Gasteiger partial charge in [-0.2, -0.15) is 0 Å². The van der Waals surface area contributed by atoms with E-state index in [0.717, 1.165) is 9.80 Å². The van der Waals surface area contributed by atoms with E-state index in [1.54, 1.807) is 0 Å². The van der Waals surface area contributed by atoms with Crippen LogP contribution in [0.1, 0.15) is 25.7 Å². The van der Waals surface area contributed by atoms with E-state index < -0.39 is 62.1 Å². The van der Waals surface area contributed by atoms with Crippen LogP contribution in [0.25, 0.3) is 0 Å². The molecule has 2 atom stereocenters. The number of carbonyl (C=O) groups is 4. The number of aliphatic carboxylic acids is 4. The van der Waals surface area contributed by atoms with Crippen LogP contribution in [0.3, 0.4) is 0 Å². The van der Waals surface area contributed by atoms with Gasteiger partial charge in [0.05, 0.1) is 23.9 Å². The molecule has 147 valence electrons. The van der Waals surface area contributed by atoms with Gasteiger partial charge in [-0.3, -0.25) is 9.80 Å². The number of hydrogen-bond donors (Lipinski definition) is 0. The fourth-order valence-corrected chi connectivity index (χ4v) is 3.19. The van der Waals surface area contributed by atoms with E-state index in [1.165, 1.54) is 0 Å². The first-order chi connectivity index (χ1) is 11.2. The van der Waals surface area contributed by atoms with Gasteiger partial charge in [0.25, 0.3) is 0 Å². The van der Waals surface area contributed by atoms with Gasteiger partial charge in [0.2, 0.25) is 0 Å². The smallest absolute Gasteiger partial charge is 0.549 e. The van der Waals surface area contributed by atoms with Crippen LogP contribution in [-0.2, 0) is 36.2 Å². The van der Waals surface area contributed by atoms with Crippen molar-refractivity contribution >= 4 is 23.9 Å². The van der Waals surface area contributed by atoms with Gasteiger partial charge >= 0.3 is 17.1 Å². The maximum atomic E-state index is 10.9. The Morgan fingerprint density at radius 2 is 0.885 bits per heavy atom. The molecule has 1 fully saturated rings. The molecule has 11 nitrogen and oxygen atoms in total. The molecule has 1 aliphatic rings. The van der Waals surface area contributed by atoms with Crippen molar-refractivity contribution in [1.29, 1.82) is 0 Å². The first kappa shape index (κ1) is 26.5. The third-order valence-electron chi connectivity index (χ3n) is 3.96. The van der Waals surface area contributed by atoms with Gasteiger partial charge in [0, 0.05) is 38.3 Å². The van der Waals surface area contributed by atoms with Gasteiger partial charge in [0.15, 0.2) is 0 Å². The first-order valence-electron chi connectivity index (χ1n) is 7.48. The molecule has 0 unspecified atom stereocenters. The fourth-order valence-electron chi connectivity index (χ4n) is 3.19. The SMILES string of the molecule is O.O=C([O-])CN(CC(=O)[O-])[C@H]1CCCC[C@@H]1N(CC(=O)[O-])CC(=O)[O-].[Fe+5]. The Hall–Kier alpha value is -1.72. The molecule has 0 aromatic heterocycles. The summed E-state index contributed by atoms with van der Waals surface area (Å²) >= 11 is 0. The molecular weight excluding hydrogens is 396 g/mol. The Bertz CT molecular complexity index is 427. The van der Waals surface area contributed by atoms with Gasteiger partial charge in [-0.25, -0.2) is 0 Å². The maximum absolute atomic E-state index is 10.9. The molecule has 0 spiro atoms. The average Bonchev–Trinajstić information content (AvgIpc) is 2.44. The zero-order chi connectivity index (χ0) is 18.3. The molecule has 0 aromatic rings. The van der Waals surface area contributed by atoms with Gasteiger partial charge < -0.3 is 45.1 Å². The molecule has 0 aliphatic heterocycles. The topological polar surface area (TPSA) is 198 Å². The number of rotatable bonds is 10. The number of carbonyl (C=O) groups excluding carboxylic acids is 4. The van der Waals surface area contributed by atoms with Crippen molar-refractivity contribution in [1.82, 2.24) is 9.80 Å². The first-order valence-corrected chi connectivity index (χ1v) is 7.48. The Morgan fingerprint density at radius 3 is 1.08 bits per heavy atom. The Balaban J connectivity index is 0. The Morgan fingerprint density at radius 1 is 0.654 bits per heavy atom. The van der Waals surface area contributed by atoms with Crippen LogP contribution in [0.5, 0.6) is 0 Å². The van der Waals surface area contributed by atoms with Crippen LogP contribution >= 0.6 is 0 Å². The quantitative estimate of drug-likeness (QED) is 0.308. The summed E-state index contributed by atoms with van der Waals surface area (Å²) in [5.74, 6) is -5.97. The van der Waals surface area contributed by atoms with Crippen molar-refractivity contribution in [3.05, 3.63) is 0 Å². The standard InChI is InChI=1S/C14H22N2O8.Fe.H2O/c17-11(18)5-15(6-12(19)20)9-3-1-2-4-10(9)16(7-13(21)22)8-14(23)24;;/h9-10H,1-8H2,(H,17,18)(H,19,20)(H,21,22)(H,23,24);;1H2/q;+5;/p-4/t9-,10-;;/m0../s1. The van der Waals surface area contributed by atoms with Crippen LogP contribution in [0.2, 0.25) is 0 Å². The van der Waals surface area contributed by atoms with Crippen molar-refractivity contribution in [2.24, 2.45) is 0 Å². The summed E-state index contributed by atoms with van der Waals surface area (Å²) < 4.78 is 0. The van der Waals surface area contributed by atoms with Gasteiger partial charge in [0.1, 0.15) is 0 Å². The fraction of sp³-hybridized carbons (Fsp3) is 0.714. The monoisotopic (exact) mass is 416 g/mol. The summed E-state index contributed by atoms with van der Waals surface area (Å²) in [5.41, 5.74) is 0. The molecule has 1 aliphatic carbocycles. The van der Waals surface area contributed by atoms with Crippen molar-refractivity contribution < 1.29 is 62.1 Å². The molecule has 0 amide bonds. The number of carboxylic acid groups (broad SMARTS) is 4. The second-order valence-corrected chi connectivity index (χ2v) is 5.72. The van der Waals surface area contributed by atoms with Crippen LogP contribution in [-0.4, -0.2) is 77.4 Å². The Labute approximate surface area is 160 Å². The number of nitrogens with zero attached hydrogens (tertiary/aromatic N) is 2. The molecule has 2 N–H and O–H groups in total. The van der Waals surface area contributed by atoms with E-state index in [0.29, 0.717) is 25.7 Å². The van der Waals surface area contributed by atoms with E-state index in [-0.39, 0.29) is 22.5 Å². The van der Waals surface area contributed by atoms with E-state index >= 15 is 0 Å². The van der Waals surface area contributed by atoms with E-state index in [2.05, 4.69) is 0 Å². The van der Waals surface area contributed by atoms with Gasteiger partial charge in [-0.15, -0.1) is 0 Å². The van der Waals surface area contributed by atoms with Crippen molar-refractivity contribution in [3.63, 3.8) is 0 Å². The molecule has 0 bridgehead atoms. The van der Waals surface area contributed by atoms with E-state index in [4.69, 9.17) is 0 Å². The molecule has 0 saturated heterocycles. The molecule has 26 heavy (non-hydrogen) atoms. The van der Waals surface area contributed by atoms with Crippen molar-refractivity contribution in [2.45, 2.75) is 37.8 Å². The molecule has 1 rings (SSSR count). The van der Waals surface area contributed by atoms with Gasteiger partial charge in [-0.05, 0) is 12.8 Å². The minimum atomic E-state index is -1.49. The molecular formula is C14H20FeN2O9+. The minimum Gasteiger partial charge on any atom is -0.549 e. The summed E-state index contributed by atoms with van der Waals surface area (Å²) in [6.45, 7) is -2.72. The predicted molar refractivity (Wildman–Crippen MR) is 72.8 cm³/mol. The Kier molecular flexibility index (Phi) is 12.8. The average molecular weight is 416 g/mol. The summed E-state index contributed by atoms with van der Waals surface area (Å²) in [6.07, 6.45) is 2.12. The zero-order valence-electron chi connectivity index (χ0n) is 13.8. The maximum Gasteiger partial charge on any atom is 5.00 e. The summed E-state index contributed by atoms with van der Waals surface area (Å²) in [7, 11) is 0. The predicted octanol–water partition coefficient (Wildman–Crippen LogP) is -6.93. The largest absolute Gasteiger partial charge is 5.00 e. The summed E-state index contributed by atoms with van der Waals surface area (Å²) in [5, 5.41) is 43.5. The normalized spacial score (nSPS) is 19.3. The second-order valence-electron chi connectivity index (χ2n) is 5.72. The molecule has 0 heterocycles. The molecule has 1 radical (unpaired) electrons. The third-order valence-corrected chi connectivity index (χ3v) is 3.96. The van der Waals surface area contributed by atoms with E-state index in [9.17, 15) is 39.6 Å². The van der Waals surface area contributed by atoms with Crippen LogP contribution in [0, 0.1) is 0 Å². The molecule has 12 heteroatoms. The van der Waals surface area contributed by atoms with E-state index in [1.807, 2.05) is 0 Å². The van der Waals surface area contributed by atoms with Crippen molar-refractivity contribution in [2.75, 3.05) is 26.2 Å². The minimum absolute atomic E-state index is 0. The van der Waals surface area contributed by atoms with Gasteiger partial charge in [-0.1, -0.05) is 12.8 Å². The summed E-state index contributed by atoms with van der Waals surface area (Å²) in [6, 6.07) is -1.32. The summed E-state index contributed by atoms with van der Waals surface area (Å²) in [4.78, 5) is 45.7. The third kappa shape index (κ3) is 9.11. The number of carboxylic acids is 4. The van der Waals surface area contributed by atoms with Crippen LogP contribution in [0.4, 0.5) is 0 Å². The number of hydrogen-bond acceptors (Lipinski definition) is 10.